The molecule has 0 N–H and O–H groups in total. The van der Waals surface area contributed by atoms with Gasteiger partial charge < -0.3 is 4.74 Å². The normalized spacial score (nSPS) is 20.3. The Labute approximate surface area is 271 Å². The van der Waals surface area contributed by atoms with Crippen LogP contribution in [0.3, 0.4) is 0 Å². The summed E-state index contributed by atoms with van der Waals surface area (Å²) in [5.41, 5.74) is 5.20. The van der Waals surface area contributed by atoms with E-state index in [1.165, 1.54) is 4.90 Å². The first kappa shape index (κ1) is 30.8. The monoisotopic (exact) mass is 666 g/mol. The molecule has 1 saturated carbocycles. The molecule has 2 heterocycles. The van der Waals surface area contributed by atoms with Crippen LogP contribution in [0.4, 0.5) is 5.69 Å². The fourth-order valence-electron chi connectivity index (χ4n) is 6.60. The van der Waals surface area contributed by atoms with Crippen molar-refractivity contribution in [2.24, 2.45) is 17.8 Å². The molecule has 0 spiro atoms. The van der Waals surface area contributed by atoms with Crippen LogP contribution in [0.25, 0.3) is 22.2 Å². The average molecular weight is 668 g/mol. The minimum absolute atomic E-state index is 0.119. The number of rotatable bonds is 7. The van der Waals surface area contributed by atoms with Crippen LogP contribution in [0.2, 0.25) is 0 Å². The number of imide groups is 1. The Hall–Kier alpha value is -4.17. The molecular formula is C37H35BrN2O5. The number of hydrogen-bond acceptors (Lipinski definition) is 6. The number of carbonyl (C=O) groups excluding carboxylic acids is 4. The van der Waals surface area contributed by atoms with E-state index in [-0.39, 0.29) is 29.4 Å². The lowest BCUT2D eigenvalue weighted by Crippen LogP contribution is -2.30. The summed E-state index contributed by atoms with van der Waals surface area (Å²) < 4.78 is 6.55. The number of fused-ring (bicyclic) bond motifs is 2. The number of benzene rings is 3. The summed E-state index contributed by atoms with van der Waals surface area (Å²) in [5.74, 6) is -1.20. The number of ether oxygens (including phenoxy) is 1. The van der Waals surface area contributed by atoms with Gasteiger partial charge >= 0.3 is 5.97 Å². The standard InChI is InChI=1S/C37H35BrN2O5/c1-5-23-17-26(38)18-29-31(37(44)45-22(4)34(41)25-9-6-20(2)7-10-25)19-32(39-33(23)29)24-11-13-27(14-12-24)40-35(42)28-15-8-21(3)16-30(28)36(40)43/h6-7,9-14,17-19,21-22,28,30H,5,8,15-16H2,1-4H3. The molecule has 2 fully saturated rings. The number of hydrogen-bond donors (Lipinski definition) is 0. The molecule has 1 aliphatic carbocycles. The Morgan fingerprint density at radius 3 is 2.36 bits per heavy atom. The van der Waals surface area contributed by atoms with Crippen LogP contribution < -0.4 is 4.90 Å². The molecule has 8 heteroatoms. The van der Waals surface area contributed by atoms with E-state index >= 15 is 0 Å². The number of amides is 2. The molecule has 2 amide bonds. The molecule has 0 bridgehead atoms. The van der Waals surface area contributed by atoms with E-state index in [1.807, 2.05) is 50.2 Å². The van der Waals surface area contributed by atoms with Gasteiger partial charge in [-0.25, -0.2) is 9.78 Å². The second-order valence-corrected chi connectivity index (χ2v) is 13.3. The van der Waals surface area contributed by atoms with Gasteiger partial charge in [0.15, 0.2) is 6.10 Å². The third-order valence-corrected chi connectivity index (χ3v) is 9.61. The summed E-state index contributed by atoms with van der Waals surface area (Å²) in [7, 11) is 0. The molecule has 1 saturated heterocycles. The Morgan fingerprint density at radius 2 is 1.67 bits per heavy atom. The highest BCUT2D eigenvalue weighted by Crippen LogP contribution is 2.42. The molecule has 4 aromatic rings. The molecule has 230 valence electrons. The van der Waals surface area contributed by atoms with Gasteiger partial charge in [-0.2, -0.15) is 0 Å². The van der Waals surface area contributed by atoms with Gasteiger partial charge in [0.2, 0.25) is 17.6 Å². The van der Waals surface area contributed by atoms with Crippen molar-refractivity contribution in [3.05, 3.63) is 93.5 Å². The smallest absolute Gasteiger partial charge is 0.339 e. The maximum Gasteiger partial charge on any atom is 0.339 e. The van der Waals surface area contributed by atoms with Gasteiger partial charge in [-0.15, -0.1) is 0 Å². The van der Waals surface area contributed by atoms with Crippen molar-refractivity contribution in [2.75, 3.05) is 4.90 Å². The summed E-state index contributed by atoms with van der Waals surface area (Å²) in [6.07, 6.45) is 2.14. The molecule has 0 radical (unpaired) electrons. The van der Waals surface area contributed by atoms with Crippen molar-refractivity contribution in [2.45, 2.75) is 59.5 Å². The third-order valence-electron chi connectivity index (χ3n) is 9.16. The van der Waals surface area contributed by atoms with Crippen LogP contribution in [0.1, 0.15) is 71.9 Å². The first-order chi connectivity index (χ1) is 21.5. The van der Waals surface area contributed by atoms with E-state index in [1.54, 1.807) is 37.3 Å². The number of carbonyl (C=O) groups is 4. The number of esters is 1. The Morgan fingerprint density at radius 1 is 0.978 bits per heavy atom. The number of Topliss-reactive ketones (excluding diaryl/α,β-unsaturated/α-hetero) is 1. The lowest BCUT2D eigenvalue weighted by Gasteiger charge is -2.25. The van der Waals surface area contributed by atoms with E-state index < -0.39 is 12.1 Å². The van der Waals surface area contributed by atoms with Crippen LogP contribution in [-0.4, -0.2) is 34.7 Å². The summed E-state index contributed by atoms with van der Waals surface area (Å²) >= 11 is 3.56. The Bertz CT molecular complexity index is 1830. The lowest BCUT2D eigenvalue weighted by atomic mass is 9.76. The van der Waals surface area contributed by atoms with Gasteiger partial charge in [0, 0.05) is 21.0 Å². The molecular weight excluding hydrogens is 632 g/mol. The van der Waals surface area contributed by atoms with E-state index in [4.69, 9.17) is 9.72 Å². The summed E-state index contributed by atoms with van der Waals surface area (Å²) in [5, 5.41) is 0.617. The molecule has 4 atom stereocenters. The van der Waals surface area contributed by atoms with E-state index in [0.717, 1.165) is 34.9 Å². The SMILES string of the molecule is CCc1cc(Br)cc2c(C(=O)OC(C)C(=O)c3ccc(C)cc3)cc(-c3ccc(N4C(=O)C5CCC(C)CC5C4=O)cc3)nc12. The molecule has 3 aromatic carbocycles. The maximum atomic E-state index is 13.7. The minimum Gasteiger partial charge on any atom is -0.451 e. The Balaban J connectivity index is 1.34. The van der Waals surface area contributed by atoms with Gasteiger partial charge in [-0.1, -0.05) is 71.7 Å². The molecule has 4 unspecified atom stereocenters. The maximum absolute atomic E-state index is 13.7. The van der Waals surface area contributed by atoms with Crippen molar-refractivity contribution in [3.8, 4) is 11.3 Å². The van der Waals surface area contributed by atoms with Crippen molar-refractivity contribution in [1.82, 2.24) is 4.98 Å². The number of pyridine rings is 1. The largest absolute Gasteiger partial charge is 0.451 e. The van der Waals surface area contributed by atoms with Crippen LogP contribution in [0.5, 0.6) is 0 Å². The van der Waals surface area contributed by atoms with E-state index in [9.17, 15) is 19.2 Å². The fraction of sp³-hybridized carbons (Fsp3) is 0.324. The zero-order valence-electron chi connectivity index (χ0n) is 25.8. The molecule has 7 nitrogen and oxygen atoms in total. The van der Waals surface area contributed by atoms with Crippen molar-refractivity contribution >= 4 is 56.1 Å². The van der Waals surface area contributed by atoms with E-state index in [2.05, 4.69) is 22.9 Å². The van der Waals surface area contributed by atoms with Crippen molar-refractivity contribution < 1.29 is 23.9 Å². The summed E-state index contributed by atoms with van der Waals surface area (Å²) in [6.45, 7) is 7.68. The zero-order chi connectivity index (χ0) is 32.0. The van der Waals surface area contributed by atoms with Crippen molar-refractivity contribution in [1.29, 1.82) is 0 Å². The quantitative estimate of drug-likeness (QED) is 0.113. The highest BCUT2D eigenvalue weighted by atomic mass is 79.9. The number of ketones is 1. The van der Waals surface area contributed by atoms with Crippen molar-refractivity contribution in [3.63, 3.8) is 0 Å². The van der Waals surface area contributed by atoms with Gasteiger partial charge in [0.1, 0.15) is 0 Å². The highest BCUT2D eigenvalue weighted by molar-refractivity contribution is 9.10. The van der Waals surface area contributed by atoms with Gasteiger partial charge in [-0.05, 0) is 81.3 Å². The lowest BCUT2D eigenvalue weighted by molar-refractivity contribution is -0.122. The second kappa shape index (κ2) is 12.3. The fourth-order valence-corrected chi connectivity index (χ4v) is 7.11. The minimum atomic E-state index is -0.994. The average Bonchev–Trinajstić information content (AvgIpc) is 3.28. The van der Waals surface area contributed by atoms with Gasteiger partial charge in [0.05, 0.1) is 34.3 Å². The van der Waals surface area contributed by atoms with Gasteiger partial charge in [0.25, 0.3) is 0 Å². The molecule has 45 heavy (non-hydrogen) atoms. The first-order valence-electron chi connectivity index (χ1n) is 15.5. The number of nitrogens with zero attached hydrogens (tertiary/aromatic N) is 2. The summed E-state index contributed by atoms with van der Waals surface area (Å²) in [4.78, 5) is 59.6. The third kappa shape index (κ3) is 5.84. The summed E-state index contributed by atoms with van der Waals surface area (Å²) in [6, 6.07) is 19.8. The van der Waals surface area contributed by atoms with Crippen LogP contribution >= 0.6 is 15.9 Å². The number of anilines is 1. The van der Waals surface area contributed by atoms with Crippen LogP contribution in [0, 0.1) is 24.7 Å². The van der Waals surface area contributed by atoms with Gasteiger partial charge in [-0.3, -0.25) is 19.3 Å². The topological polar surface area (TPSA) is 93.6 Å². The van der Waals surface area contributed by atoms with Crippen LogP contribution in [-0.2, 0) is 20.7 Å². The predicted octanol–water partition coefficient (Wildman–Crippen LogP) is 7.89. The second-order valence-electron chi connectivity index (χ2n) is 12.3. The first-order valence-corrected chi connectivity index (χ1v) is 16.3. The predicted molar refractivity (Wildman–Crippen MR) is 177 cm³/mol. The molecule has 6 rings (SSSR count). The number of halogens is 1. The van der Waals surface area contributed by atoms with E-state index in [0.29, 0.717) is 51.3 Å². The molecule has 1 aromatic heterocycles. The molecule has 1 aliphatic heterocycles. The number of aryl methyl sites for hydroxylation is 2. The Kier molecular flexibility index (Phi) is 8.44. The zero-order valence-corrected chi connectivity index (χ0v) is 27.4. The van der Waals surface area contributed by atoms with Crippen LogP contribution in [0.15, 0.2) is 71.2 Å². The highest BCUT2D eigenvalue weighted by Gasteiger charge is 2.49. The number of aromatic nitrogens is 1. The molecule has 2 aliphatic rings.